The molecule has 0 spiro atoms. The van der Waals surface area contributed by atoms with Gasteiger partial charge in [-0.1, -0.05) is 15.9 Å². The number of nitro benzene ring substituents is 1. The monoisotopic (exact) mass is 368 g/mol. The van der Waals surface area contributed by atoms with Gasteiger partial charge in [-0.15, -0.1) is 0 Å². The normalized spacial score (nSPS) is 12.2. The van der Waals surface area contributed by atoms with Gasteiger partial charge >= 0.3 is 0 Å². The summed E-state index contributed by atoms with van der Waals surface area (Å²) in [6.07, 6.45) is -0.967. The number of hydrogen-bond acceptors (Lipinski definition) is 5. The van der Waals surface area contributed by atoms with Crippen LogP contribution in [0.2, 0.25) is 0 Å². The molecule has 0 heterocycles. The van der Waals surface area contributed by atoms with Crippen molar-refractivity contribution in [1.29, 1.82) is 0 Å². The molecule has 3 N–H and O–H groups in total. The van der Waals surface area contributed by atoms with Crippen LogP contribution in [-0.4, -0.2) is 34.4 Å². The molecule has 1 aromatic carbocycles. The number of hydrogen-bond donors (Lipinski definition) is 3. The standard InChI is InChI=1S/C9H10Br2N2O4/c10-5-1-7(11)9(8(2-5)13(16)17)12-3-6(15)4-14/h1-2,6,12,14-15H,3-4H2. The Morgan fingerprint density at radius 1 is 1.47 bits per heavy atom. The molecule has 0 aliphatic heterocycles. The van der Waals surface area contributed by atoms with Gasteiger partial charge in [0.2, 0.25) is 0 Å². The Kier molecular flexibility index (Phi) is 5.31. The highest BCUT2D eigenvalue weighted by atomic mass is 79.9. The van der Waals surface area contributed by atoms with Gasteiger partial charge in [0.15, 0.2) is 0 Å². The molecule has 0 radical (unpaired) electrons. The predicted molar refractivity (Wildman–Crippen MR) is 70.1 cm³/mol. The van der Waals surface area contributed by atoms with Gasteiger partial charge in [0.1, 0.15) is 5.69 Å². The van der Waals surface area contributed by atoms with E-state index in [0.29, 0.717) is 8.95 Å². The molecule has 0 saturated carbocycles. The first-order valence-electron chi connectivity index (χ1n) is 4.62. The number of benzene rings is 1. The molecule has 0 aliphatic rings. The molecular weight excluding hydrogens is 360 g/mol. The van der Waals surface area contributed by atoms with Crippen LogP contribution in [0.5, 0.6) is 0 Å². The lowest BCUT2D eigenvalue weighted by atomic mass is 10.2. The molecule has 0 aromatic heterocycles. The minimum absolute atomic E-state index is 0.0254. The summed E-state index contributed by atoms with van der Waals surface area (Å²) in [5.41, 5.74) is 0.155. The van der Waals surface area contributed by atoms with Crippen molar-refractivity contribution in [3.8, 4) is 0 Å². The molecule has 0 fully saturated rings. The zero-order valence-electron chi connectivity index (χ0n) is 8.56. The van der Waals surface area contributed by atoms with E-state index in [4.69, 9.17) is 5.11 Å². The molecular formula is C9H10Br2N2O4. The third-order valence-corrected chi connectivity index (χ3v) is 3.04. The smallest absolute Gasteiger partial charge is 0.294 e. The van der Waals surface area contributed by atoms with Crippen molar-refractivity contribution >= 4 is 43.2 Å². The second kappa shape index (κ2) is 6.29. The van der Waals surface area contributed by atoms with Crippen LogP contribution < -0.4 is 5.32 Å². The lowest BCUT2D eigenvalue weighted by Gasteiger charge is -2.12. The van der Waals surface area contributed by atoms with E-state index in [0.717, 1.165) is 0 Å². The molecule has 0 bridgehead atoms. The number of anilines is 1. The Morgan fingerprint density at radius 3 is 2.65 bits per heavy atom. The summed E-state index contributed by atoms with van der Waals surface area (Å²) in [5, 5.41) is 31.4. The van der Waals surface area contributed by atoms with Gasteiger partial charge in [-0.05, 0) is 22.0 Å². The first kappa shape index (κ1) is 14.4. The van der Waals surface area contributed by atoms with Crippen molar-refractivity contribution < 1.29 is 15.1 Å². The van der Waals surface area contributed by atoms with Gasteiger partial charge in [0.25, 0.3) is 5.69 Å². The van der Waals surface area contributed by atoms with Crippen LogP contribution in [0.25, 0.3) is 0 Å². The van der Waals surface area contributed by atoms with E-state index in [-0.39, 0.29) is 17.9 Å². The van der Waals surface area contributed by atoms with Gasteiger partial charge in [0.05, 0.1) is 17.6 Å². The van der Waals surface area contributed by atoms with Crippen molar-refractivity contribution in [2.45, 2.75) is 6.10 Å². The fourth-order valence-corrected chi connectivity index (χ4v) is 2.51. The summed E-state index contributed by atoms with van der Waals surface area (Å²) in [7, 11) is 0. The Balaban J connectivity index is 3.00. The summed E-state index contributed by atoms with van der Waals surface area (Å²) in [5.74, 6) is 0. The number of nitrogens with zero attached hydrogens (tertiary/aromatic N) is 1. The lowest BCUT2D eigenvalue weighted by molar-refractivity contribution is -0.384. The van der Waals surface area contributed by atoms with Crippen LogP contribution in [0.4, 0.5) is 11.4 Å². The highest BCUT2D eigenvalue weighted by Gasteiger charge is 2.18. The van der Waals surface area contributed by atoms with Gasteiger partial charge in [-0.25, -0.2) is 0 Å². The van der Waals surface area contributed by atoms with E-state index in [1.54, 1.807) is 6.07 Å². The number of aliphatic hydroxyl groups excluding tert-OH is 2. The molecule has 0 aliphatic carbocycles. The van der Waals surface area contributed by atoms with Crippen LogP contribution >= 0.6 is 31.9 Å². The Hall–Kier alpha value is -0.700. The van der Waals surface area contributed by atoms with Crippen LogP contribution in [-0.2, 0) is 0 Å². The highest BCUT2D eigenvalue weighted by molar-refractivity contribution is 9.11. The van der Waals surface area contributed by atoms with Crippen molar-refractivity contribution in [2.75, 3.05) is 18.5 Å². The highest BCUT2D eigenvalue weighted by Crippen LogP contribution is 2.35. The fraction of sp³-hybridized carbons (Fsp3) is 0.333. The molecule has 8 heteroatoms. The van der Waals surface area contributed by atoms with E-state index in [2.05, 4.69) is 37.2 Å². The molecule has 1 atom stereocenters. The number of halogens is 2. The Labute approximate surface area is 114 Å². The molecule has 94 valence electrons. The van der Waals surface area contributed by atoms with E-state index in [9.17, 15) is 15.2 Å². The maximum Gasteiger partial charge on any atom is 0.294 e. The predicted octanol–water partition coefficient (Wildman–Crippen LogP) is 1.88. The number of nitro groups is 1. The first-order valence-corrected chi connectivity index (χ1v) is 6.20. The fourth-order valence-electron chi connectivity index (χ4n) is 1.16. The lowest BCUT2D eigenvalue weighted by Crippen LogP contribution is -2.23. The maximum atomic E-state index is 10.9. The van der Waals surface area contributed by atoms with Gasteiger partial charge in [0, 0.05) is 21.6 Å². The van der Waals surface area contributed by atoms with Crippen LogP contribution in [0.3, 0.4) is 0 Å². The average Bonchev–Trinajstić information content (AvgIpc) is 2.26. The zero-order valence-corrected chi connectivity index (χ0v) is 11.7. The second-order valence-corrected chi connectivity index (χ2v) is 5.03. The number of rotatable bonds is 5. The van der Waals surface area contributed by atoms with E-state index < -0.39 is 17.6 Å². The van der Waals surface area contributed by atoms with E-state index in [1.165, 1.54) is 6.07 Å². The average molecular weight is 370 g/mol. The largest absolute Gasteiger partial charge is 0.394 e. The second-order valence-electron chi connectivity index (χ2n) is 3.26. The van der Waals surface area contributed by atoms with Gasteiger partial charge < -0.3 is 15.5 Å². The number of nitrogens with one attached hydrogen (secondary N) is 1. The Morgan fingerprint density at radius 2 is 2.12 bits per heavy atom. The molecule has 6 nitrogen and oxygen atoms in total. The zero-order chi connectivity index (χ0) is 13.0. The van der Waals surface area contributed by atoms with E-state index >= 15 is 0 Å². The summed E-state index contributed by atoms with van der Waals surface area (Å²) in [4.78, 5) is 10.3. The summed E-state index contributed by atoms with van der Waals surface area (Å²) in [6, 6.07) is 3.01. The quantitative estimate of drug-likeness (QED) is 0.544. The molecule has 0 saturated heterocycles. The molecule has 1 unspecified atom stereocenters. The summed E-state index contributed by atoms with van der Waals surface area (Å²) < 4.78 is 1.08. The Bertz CT molecular complexity index is 428. The van der Waals surface area contributed by atoms with Crippen molar-refractivity contribution in [2.24, 2.45) is 0 Å². The van der Waals surface area contributed by atoms with Crippen LogP contribution in [0.15, 0.2) is 21.1 Å². The molecule has 17 heavy (non-hydrogen) atoms. The molecule has 1 rings (SSSR count). The van der Waals surface area contributed by atoms with Gasteiger partial charge in [-0.3, -0.25) is 10.1 Å². The third kappa shape index (κ3) is 3.91. The SMILES string of the molecule is O=[N+]([O-])c1cc(Br)cc(Br)c1NCC(O)CO. The van der Waals surface area contributed by atoms with Crippen LogP contribution in [0, 0.1) is 10.1 Å². The van der Waals surface area contributed by atoms with Crippen molar-refractivity contribution in [1.82, 2.24) is 0 Å². The van der Waals surface area contributed by atoms with Crippen LogP contribution in [0.1, 0.15) is 0 Å². The number of aliphatic hydroxyl groups is 2. The summed E-state index contributed by atoms with van der Waals surface area (Å²) in [6.45, 7) is -0.382. The summed E-state index contributed by atoms with van der Waals surface area (Å²) >= 11 is 6.35. The molecule has 0 amide bonds. The maximum absolute atomic E-state index is 10.9. The van der Waals surface area contributed by atoms with Gasteiger partial charge in [-0.2, -0.15) is 0 Å². The van der Waals surface area contributed by atoms with E-state index in [1.807, 2.05) is 0 Å². The first-order chi connectivity index (χ1) is 7.95. The minimum atomic E-state index is -0.967. The molecule has 1 aromatic rings. The van der Waals surface area contributed by atoms with Crippen molar-refractivity contribution in [3.05, 3.63) is 31.2 Å². The minimum Gasteiger partial charge on any atom is -0.394 e. The van der Waals surface area contributed by atoms with Crippen molar-refractivity contribution in [3.63, 3.8) is 0 Å². The topological polar surface area (TPSA) is 95.6 Å². The third-order valence-electron chi connectivity index (χ3n) is 1.96.